The maximum absolute atomic E-state index is 14.8. The van der Waals surface area contributed by atoms with Crippen molar-refractivity contribution in [2.75, 3.05) is 24.5 Å². The highest BCUT2D eigenvalue weighted by atomic mass is 35.5. The molecule has 0 spiro atoms. The zero-order chi connectivity index (χ0) is 27.3. The molecule has 1 aliphatic heterocycles. The molecule has 3 aromatic heterocycles. The highest BCUT2D eigenvalue weighted by Gasteiger charge is 2.31. The van der Waals surface area contributed by atoms with Gasteiger partial charge in [-0.15, -0.1) is 0 Å². The topological polar surface area (TPSA) is 109 Å². The number of nitrogens with zero attached hydrogens (tertiary/aromatic N) is 7. The summed E-state index contributed by atoms with van der Waals surface area (Å²) in [5, 5.41) is 14.6. The minimum atomic E-state index is -0.999. The number of piperazine rings is 1. The van der Waals surface area contributed by atoms with Crippen LogP contribution < -0.4 is 10.6 Å². The molecule has 0 saturated carbocycles. The molecule has 198 valence electrons. The van der Waals surface area contributed by atoms with Gasteiger partial charge in [-0.3, -0.25) is 0 Å². The van der Waals surface area contributed by atoms with E-state index in [9.17, 15) is 19.1 Å². The van der Waals surface area contributed by atoms with E-state index in [-0.39, 0.29) is 47.1 Å². The minimum absolute atomic E-state index is 0.0669. The van der Waals surface area contributed by atoms with Crippen molar-refractivity contribution >= 4 is 34.5 Å². The van der Waals surface area contributed by atoms with Gasteiger partial charge in [0.2, 0.25) is 0 Å². The molecule has 38 heavy (non-hydrogen) atoms. The van der Waals surface area contributed by atoms with Crippen molar-refractivity contribution in [3.05, 3.63) is 63.4 Å². The molecular formula is C26H27ClFN7O3. The summed E-state index contributed by atoms with van der Waals surface area (Å²) in [6, 6.07) is 7.48. The number of anilines is 1. The van der Waals surface area contributed by atoms with Gasteiger partial charge in [-0.2, -0.15) is 10.1 Å². The van der Waals surface area contributed by atoms with Gasteiger partial charge >= 0.3 is 11.8 Å². The second-order valence-electron chi connectivity index (χ2n) is 9.68. The van der Waals surface area contributed by atoms with Crippen LogP contribution in [0.1, 0.15) is 32.4 Å². The van der Waals surface area contributed by atoms with Crippen molar-refractivity contribution in [3.8, 4) is 17.1 Å². The molecule has 5 rings (SSSR count). The summed E-state index contributed by atoms with van der Waals surface area (Å²) in [4.78, 5) is 37.7. The smallest absolute Gasteiger partial charge is 0.407 e. The molecule has 1 aliphatic rings. The SMILES string of the molecule is Cc1cnn(C(C)C)c1-n1c(=O)nc(N2CCN(C(=O)O)C[C@@H]2C)c2cc(Cl)c(-c3ccccc3F)nc21. The van der Waals surface area contributed by atoms with E-state index in [1.807, 2.05) is 32.6 Å². The predicted molar refractivity (Wildman–Crippen MR) is 143 cm³/mol. The van der Waals surface area contributed by atoms with Crippen LogP contribution in [0.5, 0.6) is 0 Å². The van der Waals surface area contributed by atoms with Gasteiger partial charge in [0.25, 0.3) is 0 Å². The van der Waals surface area contributed by atoms with Gasteiger partial charge in [-0.05, 0) is 45.9 Å². The molecular weight excluding hydrogens is 513 g/mol. The van der Waals surface area contributed by atoms with Gasteiger partial charge in [0.05, 0.1) is 22.3 Å². The Morgan fingerprint density at radius 3 is 2.61 bits per heavy atom. The van der Waals surface area contributed by atoms with Crippen LogP contribution in [-0.4, -0.2) is 66.1 Å². The number of aryl methyl sites for hydroxylation is 1. The van der Waals surface area contributed by atoms with Crippen LogP contribution in [0.15, 0.2) is 41.3 Å². The van der Waals surface area contributed by atoms with E-state index in [0.29, 0.717) is 23.6 Å². The first-order valence-corrected chi connectivity index (χ1v) is 12.6. The summed E-state index contributed by atoms with van der Waals surface area (Å²) in [5.74, 6) is 0.361. The third kappa shape index (κ3) is 4.26. The van der Waals surface area contributed by atoms with Crippen molar-refractivity contribution in [1.82, 2.24) is 29.2 Å². The number of carbonyl (C=O) groups is 1. The van der Waals surface area contributed by atoms with Gasteiger partial charge in [-0.25, -0.2) is 28.2 Å². The Hall–Kier alpha value is -3.99. The molecule has 10 nitrogen and oxygen atoms in total. The van der Waals surface area contributed by atoms with Crippen molar-refractivity contribution < 1.29 is 14.3 Å². The number of rotatable bonds is 4. The fraction of sp³-hybridized carbons (Fsp3) is 0.346. The molecule has 1 fully saturated rings. The lowest BCUT2D eigenvalue weighted by Gasteiger charge is -2.39. The lowest BCUT2D eigenvalue weighted by Crippen LogP contribution is -2.54. The maximum atomic E-state index is 14.8. The number of halogens is 2. The summed E-state index contributed by atoms with van der Waals surface area (Å²) in [7, 11) is 0. The average molecular weight is 540 g/mol. The molecule has 1 saturated heterocycles. The van der Waals surface area contributed by atoms with Gasteiger partial charge < -0.3 is 14.9 Å². The number of benzene rings is 1. The normalized spacial score (nSPS) is 16.0. The molecule has 0 aliphatic carbocycles. The predicted octanol–water partition coefficient (Wildman–Crippen LogP) is 4.51. The number of aromatic nitrogens is 5. The molecule has 12 heteroatoms. The van der Waals surface area contributed by atoms with Crippen molar-refractivity contribution in [1.29, 1.82) is 0 Å². The Labute approximate surface area is 222 Å². The Morgan fingerprint density at radius 2 is 1.95 bits per heavy atom. The van der Waals surface area contributed by atoms with E-state index in [1.165, 1.54) is 15.5 Å². The minimum Gasteiger partial charge on any atom is -0.465 e. The zero-order valence-electron chi connectivity index (χ0n) is 21.4. The number of hydrogen-bond donors (Lipinski definition) is 1. The fourth-order valence-corrected chi connectivity index (χ4v) is 5.16. The van der Waals surface area contributed by atoms with Crippen molar-refractivity contribution in [2.45, 2.75) is 39.8 Å². The monoisotopic (exact) mass is 539 g/mol. The van der Waals surface area contributed by atoms with E-state index >= 15 is 0 Å². The van der Waals surface area contributed by atoms with Gasteiger partial charge in [0.15, 0.2) is 5.65 Å². The molecule has 4 aromatic rings. The second kappa shape index (κ2) is 9.71. The molecule has 1 N–H and O–H groups in total. The summed E-state index contributed by atoms with van der Waals surface area (Å²) < 4.78 is 17.9. The van der Waals surface area contributed by atoms with Gasteiger partial charge in [0.1, 0.15) is 17.5 Å². The van der Waals surface area contributed by atoms with Crippen LogP contribution >= 0.6 is 11.6 Å². The van der Waals surface area contributed by atoms with E-state index in [2.05, 4.69) is 10.1 Å². The number of pyridine rings is 1. The third-order valence-corrected chi connectivity index (χ3v) is 7.04. The van der Waals surface area contributed by atoms with Crippen LogP contribution in [-0.2, 0) is 0 Å². The molecule has 1 aromatic carbocycles. The molecule has 0 bridgehead atoms. The summed E-state index contributed by atoms with van der Waals surface area (Å²) in [6.45, 7) is 8.43. The first kappa shape index (κ1) is 25.7. The first-order chi connectivity index (χ1) is 18.1. The van der Waals surface area contributed by atoms with E-state index in [1.54, 1.807) is 35.1 Å². The third-order valence-electron chi connectivity index (χ3n) is 6.75. The standard InChI is InChI=1S/C26H27ClFN7O3/c1-14(2)35-24(15(3)12-29-35)34-23-18(11-19(27)21(30-23)17-7-5-6-8-20(17)28)22(31-25(34)36)33-10-9-32(26(37)38)13-16(33)4/h5-8,11-12,14,16H,9-10,13H2,1-4H3,(H,37,38)/t16-/m0/s1. The number of carboxylic acid groups (broad SMARTS) is 1. The fourth-order valence-electron chi connectivity index (χ4n) is 4.90. The van der Waals surface area contributed by atoms with Crippen LogP contribution in [0, 0.1) is 12.7 Å². The Balaban J connectivity index is 1.82. The van der Waals surface area contributed by atoms with Gasteiger partial charge in [-0.1, -0.05) is 23.7 Å². The molecule has 4 heterocycles. The lowest BCUT2D eigenvalue weighted by molar-refractivity contribution is 0.136. The maximum Gasteiger partial charge on any atom is 0.407 e. The van der Waals surface area contributed by atoms with Crippen LogP contribution in [0.4, 0.5) is 15.0 Å². The largest absolute Gasteiger partial charge is 0.465 e. The Kier molecular flexibility index (Phi) is 6.56. The van der Waals surface area contributed by atoms with E-state index in [4.69, 9.17) is 16.6 Å². The summed E-state index contributed by atoms with van der Waals surface area (Å²) in [5.41, 5.74) is 0.805. The molecule has 0 radical (unpaired) electrons. The highest BCUT2D eigenvalue weighted by Crippen LogP contribution is 2.35. The number of hydrogen-bond acceptors (Lipinski definition) is 6. The van der Waals surface area contributed by atoms with Crippen LogP contribution in [0.2, 0.25) is 5.02 Å². The van der Waals surface area contributed by atoms with Crippen LogP contribution in [0.3, 0.4) is 0 Å². The number of amides is 1. The van der Waals surface area contributed by atoms with E-state index in [0.717, 1.165) is 5.56 Å². The quantitative estimate of drug-likeness (QED) is 0.406. The number of fused-ring (bicyclic) bond motifs is 1. The van der Waals surface area contributed by atoms with Crippen molar-refractivity contribution in [2.24, 2.45) is 0 Å². The average Bonchev–Trinajstić information content (AvgIpc) is 3.25. The summed E-state index contributed by atoms with van der Waals surface area (Å²) in [6.07, 6.45) is 0.670. The Bertz CT molecular complexity index is 1620. The molecule has 0 unspecified atom stereocenters. The highest BCUT2D eigenvalue weighted by molar-refractivity contribution is 6.33. The molecule has 1 atom stereocenters. The first-order valence-electron chi connectivity index (χ1n) is 12.3. The Morgan fingerprint density at radius 1 is 1.21 bits per heavy atom. The van der Waals surface area contributed by atoms with Crippen molar-refractivity contribution in [3.63, 3.8) is 0 Å². The summed E-state index contributed by atoms with van der Waals surface area (Å²) >= 11 is 6.69. The van der Waals surface area contributed by atoms with Crippen LogP contribution in [0.25, 0.3) is 28.1 Å². The zero-order valence-corrected chi connectivity index (χ0v) is 22.1. The second-order valence-corrected chi connectivity index (χ2v) is 10.1. The van der Waals surface area contributed by atoms with Gasteiger partial charge in [0, 0.05) is 42.8 Å². The lowest BCUT2D eigenvalue weighted by atomic mass is 10.1. The molecule has 1 amide bonds. The van der Waals surface area contributed by atoms with E-state index < -0.39 is 17.6 Å².